The molecule has 0 bridgehead atoms. The lowest BCUT2D eigenvalue weighted by molar-refractivity contribution is -0.671. The Bertz CT molecular complexity index is 596. The summed E-state index contributed by atoms with van der Waals surface area (Å²) in [6.45, 7) is 13.1. The predicted molar refractivity (Wildman–Crippen MR) is 87.1 cm³/mol. The van der Waals surface area contributed by atoms with Gasteiger partial charge in [0.15, 0.2) is 12.4 Å². The lowest BCUT2D eigenvalue weighted by Crippen LogP contribution is -2.25. The summed E-state index contributed by atoms with van der Waals surface area (Å²) in [4.78, 5) is 0. The van der Waals surface area contributed by atoms with Crippen LogP contribution in [0.15, 0.2) is 41.1 Å². The molecule has 2 heterocycles. The molecular weight excluding hydrogens is 258 g/mol. The minimum Gasteiger partial charge on any atom is -0.217 e. The van der Waals surface area contributed by atoms with E-state index in [1.165, 1.54) is 11.1 Å². The average molecular weight is 285 g/mol. The number of aryl methyl sites for hydroxylation is 1. The van der Waals surface area contributed by atoms with E-state index in [0.717, 1.165) is 11.5 Å². The summed E-state index contributed by atoms with van der Waals surface area (Å²) in [5, 5.41) is 0. The van der Waals surface area contributed by atoms with E-state index in [2.05, 4.69) is 78.2 Å². The molecular formula is C19H27NO+2. The summed E-state index contributed by atoms with van der Waals surface area (Å²) < 4.78 is 8.23. The van der Waals surface area contributed by atoms with Gasteiger partial charge in [0.05, 0.1) is 10.8 Å². The lowest BCUT2D eigenvalue weighted by Gasteiger charge is -2.15. The molecule has 0 spiro atoms. The van der Waals surface area contributed by atoms with Gasteiger partial charge in [-0.05, 0) is 47.1 Å². The van der Waals surface area contributed by atoms with E-state index in [-0.39, 0.29) is 10.8 Å². The molecule has 0 radical (unpaired) electrons. The van der Waals surface area contributed by atoms with Gasteiger partial charge in [0, 0.05) is 29.8 Å². The van der Waals surface area contributed by atoms with Crippen LogP contribution in [0.5, 0.6) is 0 Å². The zero-order valence-electron chi connectivity index (χ0n) is 14.3. The number of nitrogens with zero attached hydrogens (tertiary/aromatic N) is 1. The smallest absolute Gasteiger partial charge is 0.217 e. The number of hydrogen-bond acceptors (Lipinski definition) is 0. The molecule has 0 atom stereocenters. The van der Waals surface area contributed by atoms with Gasteiger partial charge in [-0.25, -0.2) is 8.98 Å². The van der Waals surface area contributed by atoms with Crippen LogP contribution < -0.4 is 4.57 Å². The number of hydrogen-bond donors (Lipinski definition) is 0. The Hall–Kier alpha value is -1.70. The largest absolute Gasteiger partial charge is 0.335 e. The SMILES string of the molecule is C[n+]1ccc(-c2cc(C(C)(C)C)[o+]c(C(C)(C)C)c2)cc1. The first-order valence-electron chi connectivity index (χ1n) is 7.52. The highest BCUT2D eigenvalue weighted by Gasteiger charge is 2.34. The van der Waals surface area contributed by atoms with Gasteiger partial charge in [-0.3, -0.25) is 0 Å². The Kier molecular flexibility index (Phi) is 3.92. The van der Waals surface area contributed by atoms with Crippen LogP contribution in [0.25, 0.3) is 11.1 Å². The van der Waals surface area contributed by atoms with Crippen molar-refractivity contribution in [1.82, 2.24) is 0 Å². The van der Waals surface area contributed by atoms with Crippen LogP contribution >= 0.6 is 0 Å². The van der Waals surface area contributed by atoms with E-state index < -0.39 is 0 Å². The van der Waals surface area contributed by atoms with Crippen molar-refractivity contribution in [3.05, 3.63) is 48.2 Å². The second kappa shape index (κ2) is 5.25. The van der Waals surface area contributed by atoms with E-state index in [9.17, 15) is 0 Å². The standard InChI is InChI=1S/C19H27NO/c1-18(2,3)16-12-15(13-17(21-16)19(4,5)6)14-8-10-20(7)11-9-14/h8-13H,1-7H3/q+2. The molecule has 0 fully saturated rings. The Labute approximate surface area is 128 Å². The summed E-state index contributed by atoms with van der Waals surface area (Å²) in [6.07, 6.45) is 4.15. The molecule has 0 unspecified atom stereocenters. The van der Waals surface area contributed by atoms with Gasteiger partial charge < -0.3 is 0 Å². The van der Waals surface area contributed by atoms with Crippen molar-refractivity contribution in [3.63, 3.8) is 0 Å². The van der Waals surface area contributed by atoms with Crippen LogP contribution in [0.4, 0.5) is 0 Å². The van der Waals surface area contributed by atoms with E-state index in [4.69, 9.17) is 4.42 Å². The Balaban J connectivity index is 2.63. The summed E-state index contributed by atoms with van der Waals surface area (Å²) in [5.41, 5.74) is 2.43. The molecule has 0 saturated heterocycles. The molecule has 2 aromatic heterocycles. The maximum atomic E-state index is 6.19. The Morgan fingerprint density at radius 2 is 1.19 bits per heavy atom. The predicted octanol–water partition coefficient (Wildman–Crippen LogP) is 4.65. The molecule has 0 aliphatic heterocycles. The fourth-order valence-corrected chi connectivity index (χ4v) is 2.10. The van der Waals surface area contributed by atoms with Crippen molar-refractivity contribution in [2.75, 3.05) is 0 Å². The molecule has 2 heteroatoms. The van der Waals surface area contributed by atoms with Crippen molar-refractivity contribution in [1.29, 1.82) is 0 Å². The van der Waals surface area contributed by atoms with Crippen LogP contribution in [-0.4, -0.2) is 0 Å². The quantitative estimate of drug-likeness (QED) is 0.550. The third-order valence-corrected chi connectivity index (χ3v) is 3.58. The second-order valence-electron chi connectivity index (χ2n) is 7.83. The van der Waals surface area contributed by atoms with E-state index in [1.54, 1.807) is 0 Å². The first-order chi connectivity index (χ1) is 9.57. The fraction of sp³-hybridized carbons (Fsp3) is 0.474. The van der Waals surface area contributed by atoms with Gasteiger partial charge in [-0.15, -0.1) is 0 Å². The maximum absolute atomic E-state index is 6.19. The Morgan fingerprint density at radius 1 is 0.762 bits per heavy atom. The van der Waals surface area contributed by atoms with Gasteiger partial charge in [0.2, 0.25) is 0 Å². The summed E-state index contributed by atoms with van der Waals surface area (Å²) >= 11 is 0. The summed E-state index contributed by atoms with van der Waals surface area (Å²) in [6, 6.07) is 8.64. The normalized spacial score (nSPS) is 12.5. The van der Waals surface area contributed by atoms with E-state index in [0.29, 0.717) is 0 Å². The second-order valence-corrected chi connectivity index (χ2v) is 7.83. The molecule has 2 nitrogen and oxygen atoms in total. The number of pyridine rings is 1. The molecule has 21 heavy (non-hydrogen) atoms. The maximum Gasteiger partial charge on any atom is 0.335 e. The molecule has 0 saturated carbocycles. The Morgan fingerprint density at radius 3 is 1.57 bits per heavy atom. The van der Waals surface area contributed by atoms with E-state index in [1.807, 2.05) is 11.6 Å². The minimum atomic E-state index is -0.00451. The molecule has 0 amide bonds. The van der Waals surface area contributed by atoms with Crippen molar-refractivity contribution < 1.29 is 8.98 Å². The van der Waals surface area contributed by atoms with Crippen molar-refractivity contribution in [2.45, 2.75) is 52.4 Å². The highest BCUT2D eigenvalue weighted by molar-refractivity contribution is 5.63. The summed E-state index contributed by atoms with van der Waals surface area (Å²) in [5.74, 6) is 2.05. The molecule has 0 aliphatic carbocycles. The minimum absolute atomic E-state index is 0.00451. The van der Waals surface area contributed by atoms with Crippen LogP contribution in [-0.2, 0) is 17.9 Å². The van der Waals surface area contributed by atoms with Crippen LogP contribution in [0, 0.1) is 0 Å². The number of rotatable bonds is 1. The third-order valence-electron chi connectivity index (χ3n) is 3.58. The molecule has 0 aromatic carbocycles. The highest BCUT2D eigenvalue weighted by Crippen LogP contribution is 2.33. The van der Waals surface area contributed by atoms with Gasteiger partial charge in [0.1, 0.15) is 7.05 Å². The number of aromatic nitrogens is 1. The van der Waals surface area contributed by atoms with Crippen LogP contribution in [0.2, 0.25) is 0 Å². The fourth-order valence-electron chi connectivity index (χ4n) is 2.10. The molecule has 0 N–H and O–H groups in total. The van der Waals surface area contributed by atoms with Crippen molar-refractivity contribution in [3.8, 4) is 11.1 Å². The lowest BCUT2D eigenvalue weighted by atomic mass is 9.87. The molecule has 2 rings (SSSR count). The topological polar surface area (TPSA) is 15.2 Å². The summed E-state index contributed by atoms with van der Waals surface area (Å²) in [7, 11) is 2.03. The zero-order chi connectivity index (χ0) is 15.8. The molecule has 2 aromatic rings. The van der Waals surface area contributed by atoms with Gasteiger partial charge in [-0.2, -0.15) is 0 Å². The molecule has 0 aliphatic rings. The van der Waals surface area contributed by atoms with Crippen LogP contribution in [0.3, 0.4) is 0 Å². The van der Waals surface area contributed by atoms with Crippen molar-refractivity contribution in [2.24, 2.45) is 7.05 Å². The van der Waals surface area contributed by atoms with Gasteiger partial charge in [0.25, 0.3) is 0 Å². The zero-order valence-corrected chi connectivity index (χ0v) is 14.3. The monoisotopic (exact) mass is 285 g/mol. The van der Waals surface area contributed by atoms with Gasteiger partial charge in [-0.1, -0.05) is 0 Å². The molecule has 112 valence electrons. The first-order valence-corrected chi connectivity index (χ1v) is 7.52. The van der Waals surface area contributed by atoms with E-state index >= 15 is 0 Å². The van der Waals surface area contributed by atoms with Crippen LogP contribution in [0.1, 0.15) is 53.1 Å². The van der Waals surface area contributed by atoms with Gasteiger partial charge >= 0.3 is 11.5 Å². The third kappa shape index (κ3) is 3.69. The first kappa shape index (κ1) is 15.7. The van der Waals surface area contributed by atoms with Crippen molar-refractivity contribution >= 4 is 0 Å². The highest BCUT2D eigenvalue weighted by atomic mass is 16.3. The average Bonchev–Trinajstić information content (AvgIpc) is 2.37.